The first-order valence-electron chi connectivity index (χ1n) is 10.8. The van der Waals surface area contributed by atoms with E-state index in [1.807, 2.05) is 19.1 Å². The first-order valence-corrected chi connectivity index (χ1v) is 12.6. The molecule has 1 fully saturated rings. The Morgan fingerprint density at radius 1 is 1.40 bits per heavy atom. The maximum atomic E-state index is 13.3. The van der Waals surface area contributed by atoms with Crippen LogP contribution < -0.4 is 14.9 Å². The van der Waals surface area contributed by atoms with Crippen molar-refractivity contribution in [3.05, 3.63) is 41.7 Å². The van der Waals surface area contributed by atoms with Crippen LogP contribution in [0.25, 0.3) is 10.8 Å². The summed E-state index contributed by atoms with van der Waals surface area (Å²) in [6.07, 6.45) is 3.23. The van der Waals surface area contributed by atoms with Crippen molar-refractivity contribution in [2.45, 2.75) is 31.8 Å². The number of hydrogen-bond donors (Lipinski definition) is 2. The van der Waals surface area contributed by atoms with E-state index in [0.717, 1.165) is 37.5 Å². The van der Waals surface area contributed by atoms with Crippen molar-refractivity contribution in [2.75, 3.05) is 35.6 Å². The monoisotopic (exact) mass is 517 g/mol. The van der Waals surface area contributed by atoms with E-state index < -0.39 is 35.2 Å². The van der Waals surface area contributed by atoms with Crippen molar-refractivity contribution in [3.8, 4) is 0 Å². The van der Waals surface area contributed by atoms with Crippen molar-refractivity contribution in [3.63, 3.8) is 0 Å². The zero-order valence-corrected chi connectivity index (χ0v) is 21.0. The summed E-state index contributed by atoms with van der Waals surface area (Å²) in [6, 6.07) is 3.32. The van der Waals surface area contributed by atoms with Crippen LogP contribution in [-0.2, 0) is 27.3 Å². The molecule has 0 saturated carbocycles. The number of carbonyl (C=O) groups is 2. The highest BCUT2D eigenvalue weighted by Gasteiger charge is 2.43. The van der Waals surface area contributed by atoms with Gasteiger partial charge in [-0.3, -0.25) is 13.3 Å². The number of aromatic nitrogens is 2. The number of amides is 1. The molecule has 35 heavy (non-hydrogen) atoms. The van der Waals surface area contributed by atoms with Crippen molar-refractivity contribution >= 4 is 61.2 Å². The number of nitrogens with two attached hydrogens (primary N) is 1. The number of nitrogens with zero attached hydrogens (tertiary/aromatic N) is 5. The van der Waals surface area contributed by atoms with Crippen LogP contribution in [0.4, 0.5) is 16.0 Å². The highest BCUT2D eigenvalue weighted by molar-refractivity contribution is 7.81. The minimum absolute atomic E-state index is 0.0730. The standard InChI is InChI=1S/C22H26N6O5S2/c1-12-8-15-13(4-6-24-19(15)23)9-14(12)10-17(21(30)31)27-7-5-16(20(27)29)28(35(32)33)18-11-25-22(34-18)26(2)3/h4,6,8-9,11,16-17H,5,7,10H2,1-3H3,(H2,23,24)(H,30,31)(H,32,33)/p-1/t16-,17+/m0/s1. The topological polar surface area (TPSA) is 156 Å². The zero-order chi connectivity index (χ0) is 25.4. The fourth-order valence-electron chi connectivity index (χ4n) is 4.27. The molecule has 0 bridgehead atoms. The number of aliphatic carboxylic acids is 1. The zero-order valence-electron chi connectivity index (χ0n) is 19.4. The SMILES string of the molecule is Cc1cc2c(N)nccc2cc1C[C@H](C(=O)O)N1CC[C@H](N(c2cnc(N(C)C)s2)S(=O)[O-])C1=O. The largest absolute Gasteiger partial charge is 0.755 e. The molecule has 1 aromatic carbocycles. The van der Waals surface area contributed by atoms with Crippen LogP contribution in [0.3, 0.4) is 0 Å². The number of anilines is 3. The third-order valence-electron chi connectivity index (χ3n) is 6.06. The second kappa shape index (κ2) is 9.76. The van der Waals surface area contributed by atoms with Gasteiger partial charge in [-0.2, -0.15) is 0 Å². The lowest BCUT2D eigenvalue weighted by Crippen LogP contribution is -2.48. The van der Waals surface area contributed by atoms with Gasteiger partial charge in [-0.05, 0) is 42.0 Å². The molecule has 0 radical (unpaired) electrons. The smallest absolute Gasteiger partial charge is 0.326 e. The third-order valence-corrected chi connectivity index (χ3v) is 8.11. The Labute approximate surface area is 208 Å². The van der Waals surface area contributed by atoms with E-state index in [-0.39, 0.29) is 19.4 Å². The summed E-state index contributed by atoms with van der Waals surface area (Å²) in [6.45, 7) is 1.97. The number of carboxylic acid groups (broad SMARTS) is 1. The number of thiazole rings is 1. The Hall–Kier alpha value is -3.29. The summed E-state index contributed by atoms with van der Waals surface area (Å²) in [5.74, 6) is -1.32. The molecule has 13 heteroatoms. The molecule has 1 aliphatic heterocycles. The number of nitrogen functional groups attached to an aromatic ring is 1. The number of fused-ring (bicyclic) bond motifs is 1. The van der Waals surface area contributed by atoms with Crippen LogP contribution in [0.1, 0.15) is 17.5 Å². The van der Waals surface area contributed by atoms with E-state index in [0.29, 0.717) is 16.0 Å². The van der Waals surface area contributed by atoms with Crippen molar-refractivity contribution < 1.29 is 23.5 Å². The van der Waals surface area contributed by atoms with Gasteiger partial charge in [0.25, 0.3) is 0 Å². The Morgan fingerprint density at radius 3 is 2.77 bits per heavy atom. The minimum Gasteiger partial charge on any atom is -0.755 e. The summed E-state index contributed by atoms with van der Waals surface area (Å²) in [5, 5.41) is 12.5. The van der Waals surface area contributed by atoms with Gasteiger partial charge in [-0.25, -0.2) is 14.8 Å². The van der Waals surface area contributed by atoms with Crippen LogP contribution in [0.5, 0.6) is 0 Å². The summed E-state index contributed by atoms with van der Waals surface area (Å²) in [5.41, 5.74) is 7.54. The molecule has 11 nitrogen and oxygen atoms in total. The van der Waals surface area contributed by atoms with Crippen molar-refractivity contribution in [1.82, 2.24) is 14.9 Å². The second-order valence-electron chi connectivity index (χ2n) is 8.51. The highest BCUT2D eigenvalue weighted by Crippen LogP contribution is 2.34. The Balaban J connectivity index is 1.61. The van der Waals surface area contributed by atoms with Gasteiger partial charge >= 0.3 is 5.97 Å². The van der Waals surface area contributed by atoms with E-state index in [9.17, 15) is 23.5 Å². The second-order valence-corrected chi connectivity index (χ2v) is 10.3. The lowest BCUT2D eigenvalue weighted by atomic mass is 9.96. The molecule has 1 saturated heterocycles. The van der Waals surface area contributed by atoms with Crippen LogP contribution >= 0.6 is 11.3 Å². The number of likely N-dealkylation sites (tertiary alicyclic amines) is 1. The summed E-state index contributed by atoms with van der Waals surface area (Å²) < 4.78 is 25.2. The molecule has 0 spiro atoms. The lowest BCUT2D eigenvalue weighted by molar-refractivity contribution is -0.148. The molecule has 1 aliphatic rings. The van der Waals surface area contributed by atoms with Crippen LogP contribution in [0, 0.1) is 6.92 Å². The Bertz CT molecular complexity index is 1310. The molecule has 4 rings (SSSR count). The number of carboxylic acids is 1. The van der Waals surface area contributed by atoms with E-state index in [4.69, 9.17) is 5.73 Å². The van der Waals surface area contributed by atoms with Gasteiger partial charge < -0.3 is 25.2 Å². The molecule has 3 atom stereocenters. The average molecular weight is 518 g/mol. The minimum atomic E-state index is -2.74. The molecule has 3 N–H and O–H groups in total. The van der Waals surface area contributed by atoms with E-state index in [1.165, 1.54) is 11.1 Å². The normalized spacial score (nSPS) is 17.5. The number of aryl methyl sites for hydroxylation is 1. The first kappa shape index (κ1) is 24.8. The highest BCUT2D eigenvalue weighted by atomic mass is 32.2. The maximum Gasteiger partial charge on any atom is 0.326 e. The Morgan fingerprint density at radius 2 is 2.14 bits per heavy atom. The van der Waals surface area contributed by atoms with Gasteiger partial charge in [0, 0.05) is 49.9 Å². The van der Waals surface area contributed by atoms with E-state index in [2.05, 4.69) is 9.97 Å². The van der Waals surface area contributed by atoms with Crippen molar-refractivity contribution in [2.24, 2.45) is 0 Å². The van der Waals surface area contributed by atoms with Gasteiger partial charge in [0.1, 0.15) is 22.9 Å². The maximum absolute atomic E-state index is 13.3. The molecular formula is C22H25N6O5S2-. The van der Waals surface area contributed by atoms with Gasteiger partial charge in [0.05, 0.1) is 6.20 Å². The summed E-state index contributed by atoms with van der Waals surface area (Å²) in [4.78, 5) is 36.9. The molecule has 1 unspecified atom stereocenters. The number of pyridine rings is 1. The molecule has 1 amide bonds. The Kier molecular flexibility index (Phi) is 6.92. The predicted octanol–water partition coefficient (Wildman–Crippen LogP) is 1.55. The van der Waals surface area contributed by atoms with E-state index in [1.54, 1.807) is 31.3 Å². The number of rotatable bonds is 8. The van der Waals surface area contributed by atoms with Crippen LogP contribution in [0.15, 0.2) is 30.6 Å². The molecule has 3 aromatic rings. The van der Waals surface area contributed by atoms with Crippen LogP contribution in [-0.4, -0.2) is 73.3 Å². The third kappa shape index (κ3) is 4.79. The summed E-state index contributed by atoms with van der Waals surface area (Å²) >= 11 is -1.61. The van der Waals surface area contributed by atoms with Gasteiger partial charge in [-0.1, -0.05) is 17.4 Å². The van der Waals surface area contributed by atoms with Gasteiger partial charge in [-0.15, -0.1) is 0 Å². The molecule has 3 heterocycles. The molecule has 2 aromatic heterocycles. The first-order chi connectivity index (χ1) is 16.6. The number of carbonyl (C=O) groups excluding carboxylic acids is 1. The molecule has 0 aliphatic carbocycles. The molecule has 186 valence electrons. The fraction of sp³-hybridized carbons (Fsp3) is 0.364. The molecular weight excluding hydrogens is 492 g/mol. The lowest BCUT2D eigenvalue weighted by Gasteiger charge is -2.30. The quantitative estimate of drug-likeness (QED) is 0.423. The number of benzene rings is 1. The average Bonchev–Trinajstić information content (AvgIpc) is 3.41. The van der Waals surface area contributed by atoms with Crippen molar-refractivity contribution in [1.29, 1.82) is 0 Å². The van der Waals surface area contributed by atoms with Gasteiger partial charge in [0.2, 0.25) is 5.91 Å². The fourth-order valence-corrected chi connectivity index (χ4v) is 5.96. The number of hydrogen-bond acceptors (Lipinski definition) is 9. The van der Waals surface area contributed by atoms with Crippen LogP contribution in [0.2, 0.25) is 0 Å². The van der Waals surface area contributed by atoms with Gasteiger partial charge in [0.15, 0.2) is 5.13 Å². The predicted molar refractivity (Wildman–Crippen MR) is 134 cm³/mol. The van der Waals surface area contributed by atoms with E-state index >= 15 is 0 Å². The summed E-state index contributed by atoms with van der Waals surface area (Å²) in [7, 11) is 3.56.